The summed E-state index contributed by atoms with van der Waals surface area (Å²) in [6.45, 7) is 0. The van der Waals surface area contributed by atoms with E-state index in [9.17, 15) is 0 Å². The fourth-order valence-corrected chi connectivity index (χ4v) is 1.22. The van der Waals surface area contributed by atoms with Crippen LogP contribution in [0.5, 0.6) is 0 Å². The fraction of sp³-hybridized carbons (Fsp3) is 0.0909. The van der Waals surface area contributed by atoms with Crippen LogP contribution in [0.15, 0.2) is 36.9 Å². The number of aromatic nitrogens is 3. The van der Waals surface area contributed by atoms with Gasteiger partial charge in [-0.2, -0.15) is 5.26 Å². The number of pyridine rings is 1. The predicted octanol–water partition coefficient (Wildman–Crippen LogP) is 1.46. The summed E-state index contributed by atoms with van der Waals surface area (Å²) in [5, 5.41) is 8.66. The van der Waals surface area contributed by atoms with Crippen LogP contribution in [0.2, 0.25) is 0 Å². The first-order valence-electron chi connectivity index (χ1n) is 4.67. The second-order valence-corrected chi connectivity index (χ2v) is 3.17. The quantitative estimate of drug-likeness (QED) is 0.555. The van der Waals surface area contributed by atoms with E-state index >= 15 is 0 Å². The molecule has 0 saturated carbocycles. The Morgan fingerprint density at radius 1 is 1.19 bits per heavy atom. The van der Waals surface area contributed by atoms with Crippen LogP contribution in [0, 0.1) is 11.5 Å². The molecule has 0 saturated heterocycles. The molecule has 2 heterocycles. The van der Waals surface area contributed by atoms with Crippen molar-refractivity contribution in [2.75, 3.05) is 11.9 Å². The van der Waals surface area contributed by atoms with Gasteiger partial charge < -0.3 is 0 Å². The number of nitriles is 1. The molecule has 0 amide bonds. The molecule has 0 aliphatic carbocycles. The summed E-state index contributed by atoms with van der Waals surface area (Å²) in [5.74, 6) is 0.384. The Labute approximate surface area is 93.0 Å². The normalized spacial score (nSPS) is 9.50. The van der Waals surface area contributed by atoms with E-state index in [0.717, 1.165) is 11.1 Å². The van der Waals surface area contributed by atoms with Crippen LogP contribution in [0.25, 0.3) is 11.1 Å². The van der Waals surface area contributed by atoms with Gasteiger partial charge >= 0.3 is 0 Å². The Balaban J connectivity index is 2.31. The van der Waals surface area contributed by atoms with Crippen LogP contribution in [-0.4, -0.2) is 22.0 Å². The summed E-state index contributed by atoms with van der Waals surface area (Å²) in [4.78, 5) is 13.5. The van der Waals surface area contributed by atoms with Gasteiger partial charge in [0.2, 0.25) is 5.95 Å². The Hall–Kier alpha value is -2.48. The second-order valence-electron chi connectivity index (χ2n) is 3.17. The molecule has 0 bridgehead atoms. The lowest BCUT2D eigenvalue weighted by Gasteiger charge is -2.06. The van der Waals surface area contributed by atoms with Crippen LogP contribution in [0.1, 0.15) is 0 Å². The zero-order valence-corrected chi connectivity index (χ0v) is 8.70. The standard InChI is InChI=1S/C11H9N5/c1-16(8-12)11-14-6-10(7-15-11)9-3-2-4-13-5-9/h2-7H,1H3. The molecule has 0 aliphatic heterocycles. The molecule has 0 radical (unpaired) electrons. The summed E-state index contributed by atoms with van der Waals surface area (Å²) >= 11 is 0. The molecule has 2 aromatic heterocycles. The van der Waals surface area contributed by atoms with Gasteiger partial charge in [-0.25, -0.2) is 9.97 Å². The van der Waals surface area contributed by atoms with E-state index in [4.69, 9.17) is 5.26 Å². The molecule has 78 valence electrons. The molecule has 0 N–H and O–H groups in total. The molecule has 5 nitrogen and oxygen atoms in total. The van der Waals surface area contributed by atoms with E-state index in [-0.39, 0.29) is 0 Å². The highest BCUT2D eigenvalue weighted by molar-refractivity contribution is 5.60. The van der Waals surface area contributed by atoms with Crippen LogP contribution < -0.4 is 4.90 Å². The maximum Gasteiger partial charge on any atom is 0.238 e. The van der Waals surface area contributed by atoms with Crippen molar-refractivity contribution in [3.63, 3.8) is 0 Å². The highest BCUT2D eigenvalue weighted by atomic mass is 15.2. The Kier molecular flexibility index (Phi) is 2.74. The van der Waals surface area contributed by atoms with Crippen LogP contribution in [-0.2, 0) is 0 Å². The monoisotopic (exact) mass is 211 g/mol. The van der Waals surface area contributed by atoms with Crippen LogP contribution in [0.4, 0.5) is 5.95 Å². The van der Waals surface area contributed by atoms with Gasteiger partial charge in [-0.3, -0.25) is 9.88 Å². The highest BCUT2D eigenvalue weighted by Gasteiger charge is 2.03. The highest BCUT2D eigenvalue weighted by Crippen LogP contribution is 2.16. The van der Waals surface area contributed by atoms with E-state index in [0.29, 0.717) is 5.95 Å². The molecule has 0 fully saturated rings. The van der Waals surface area contributed by atoms with Crippen LogP contribution in [0.3, 0.4) is 0 Å². The number of nitrogens with zero attached hydrogens (tertiary/aromatic N) is 5. The summed E-state index contributed by atoms with van der Waals surface area (Å²) in [7, 11) is 1.61. The van der Waals surface area contributed by atoms with E-state index in [1.54, 1.807) is 31.8 Å². The fourth-order valence-electron chi connectivity index (χ4n) is 1.22. The molecule has 0 atom stereocenters. The first-order valence-corrected chi connectivity index (χ1v) is 4.67. The van der Waals surface area contributed by atoms with Crippen molar-refractivity contribution in [2.24, 2.45) is 0 Å². The third-order valence-corrected chi connectivity index (χ3v) is 2.08. The van der Waals surface area contributed by atoms with Gasteiger partial charge in [-0.05, 0) is 6.07 Å². The molecule has 0 aromatic carbocycles. The minimum absolute atomic E-state index is 0.384. The largest absolute Gasteiger partial charge is 0.264 e. The van der Waals surface area contributed by atoms with E-state index in [2.05, 4.69) is 15.0 Å². The van der Waals surface area contributed by atoms with E-state index in [1.165, 1.54) is 4.90 Å². The third kappa shape index (κ3) is 1.96. The number of hydrogen-bond donors (Lipinski definition) is 0. The average Bonchev–Trinajstić information content (AvgIpc) is 2.39. The minimum Gasteiger partial charge on any atom is -0.264 e. The van der Waals surface area contributed by atoms with Gasteiger partial charge in [-0.15, -0.1) is 0 Å². The SMILES string of the molecule is CN(C#N)c1ncc(-c2cccnc2)cn1. The first-order chi connectivity index (χ1) is 7.81. The molecule has 0 spiro atoms. The summed E-state index contributed by atoms with van der Waals surface area (Å²) in [5.41, 5.74) is 1.83. The molecule has 0 aliphatic rings. The zero-order valence-electron chi connectivity index (χ0n) is 8.70. The Bertz CT molecular complexity index is 500. The van der Waals surface area contributed by atoms with Gasteiger partial charge in [0.15, 0.2) is 6.19 Å². The van der Waals surface area contributed by atoms with Gasteiger partial charge in [0.05, 0.1) is 0 Å². The lowest BCUT2D eigenvalue weighted by molar-refractivity contribution is 1.04. The second kappa shape index (κ2) is 4.36. The van der Waals surface area contributed by atoms with E-state index < -0.39 is 0 Å². The van der Waals surface area contributed by atoms with Crippen molar-refractivity contribution >= 4 is 5.95 Å². The maximum absolute atomic E-state index is 8.66. The third-order valence-electron chi connectivity index (χ3n) is 2.08. The lowest BCUT2D eigenvalue weighted by atomic mass is 10.2. The van der Waals surface area contributed by atoms with Crippen molar-refractivity contribution < 1.29 is 0 Å². The van der Waals surface area contributed by atoms with Crippen molar-refractivity contribution in [1.29, 1.82) is 5.26 Å². The predicted molar refractivity (Wildman–Crippen MR) is 59.3 cm³/mol. The lowest BCUT2D eigenvalue weighted by Crippen LogP contribution is -2.11. The summed E-state index contributed by atoms with van der Waals surface area (Å²) in [6.07, 6.45) is 8.74. The average molecular weight is 211 g/mol. The maximum atomic E-state index is 8.66. The number of anilines is 1. The molecule has 0 unspecified atom stereocenters. The summed E-state index contributed by atoms with van der Waals surface area (Å²) < 4.78 is 0. The van der Waals surface area contributed by atoms with Gasteiger partial charge in [-0.1, -0.05) is 6.07 Å². The molecular formula is C11H9N5. The van der Waals surface area contributed by atoms with Gasteiger partial charge in [0.25, 0.3) is 0 Å². The van der Waals surface area contributed by atoms with Crippen molar-refractivity contribution in [1.82, 2.24) is 15.0 Å². The van der Waals surface area contributed by atoms with Crippen molar-refractivity contribution in [3.8, 4) is 17.3 Å². The van der Waals surface area contributed by atoms with Crippen molar-refractivity contribution in [3.05, 3.63) is 36.9 Å². The smallest absolute Gasteiger partial charge is 0.238 e. The van der Waals surface area contributed by atoms with E-state index in [1.807, 2.05) is 18.3 Å². The van der Waals surface area contributed by atoms with Gasteiger partial charge in [0, 0.05) is 43.0 Å². The number of hydrogen-bond acceptors (Lipinski definition) is 5. The zero-order chi connectivity index (χ0) is 11.4. The Morgan fingerprint density at radius 3 is 2.50 bits per heavy atom. The molecule has 16 heavy (non-hydrogen) atoms. The topological polar surface area (TPSA) is 65.7 Å². The van der Waals surface area contributed by atoms with Gasteiger partial charge in [0.1, 0.15) is 0 Å². The van der Waals surface area contributed by atoms with Crippen LogP contribution >= 0.6 is 0 Å². The molecule has 5 heteroatoms. The minimum atomic E-state index is 0.384. The van der Waals surface area contributed by atoms with Crippen molar-refractivity contribution in [2.45, 2.75) is 0 Å². The molecular weight excluding hydrogens is 202 g/mol. The number of rotatable bonds is 2. The first kappa shape index (κ1) is 10.1. The molecule has 2 rings (SSSR count). The Morgan fingerprint density at radius 2 is 1.94 bits per heavy atom. The summed E-state index contributed by atoms with van der Waals surface area (Å²) in [6, 6.07) is 3.78. The molecule has 2 aromatic rings.